The van der Waals surface area contributed by atoms with Crippen LogP contribution in [0.4, 0.5) is 10.2 Å². The Bertz CT molecular complexity index is 767. The standard InChI is InChI=1S/C10H13FN5O6P/c11-5-7(17)4(1-21-23(18,19)20)22-10(5)16-3-15-6-8(12)13-2-14-9(6)16/h2-5,7,10,17H,1H2,(H2,12,13,14)(H2,18,19,20)/t4-,5+,7?,10-/m1/s1. The van der Waals surface area contributed by atoms with Gasteiger partial charge in [-0.1, -0.05) is 0 Å². The van der Waals surface area contributed by atoms with E-state index in [-0.39, 0.29) is 17.0 Å². The molecule has 0 spiro atoms. The van der Waals surface area contributed by atoms with Crippen molar-refractivity contribution in [1.29, 1.82) is 0 Å². The van der Waals surface area contributed by atoms with Crippen molar-refractivity contribution in [3.63, 3.8) is 0 Å². The molecule has 3 heterocycles. The molecule has 0 amide bonds. The van der Waals surface area contributed by atoms with E-state index in [4.69, 9.17) is 20.3 Å². The second kappa shape index (κ2) is 5.74. The zero-order valence-corrected chi connectivity index (χ0v) is 12.3. The molecule has 11 nitrogen and oxygen atoms in total. The van der Waals surface area contributed by atoms with Gasteiger partial charge in [0.2, 0.25) is 0 Å². The Balaban J connectivity index is 1.85. The van der Waals surface area contributed by atoms with Crippen molar-refractivity contribution in [3.05, 3.63) is 12.7 Å². The first-order chi connectivity index (χ1) is 10.8. The van der Waals surface area contributed by atoms with Crippen LogP contribution in [0.15, 0.2) is 12.7 Å². The van der Waals surface area contributed by atoms with Gasteiger partial charge in [0.25, 0.3) is 0 Å². The van der Waals surface area contributed by atoms with E-state index in [0.29, 0.717) is 0 Å². The normalized spacial score (nSPS) is 28.5. The summed E-state index contributed by atoms with van der Waals surface area (Å²) in [6.07, 6.45) is -3.68. The van der Waals surface area contributed by atoms with E-state index in [1.807, 2.05) is 0 Å². The van der Waals surface area contributed by atoms with E-state index in [2.05, 4.69) is 19.5 Å². The molecular weight excluding hydrogens is 336 g/mol. The van der Waals surface area contributed by atoms with Crippen LogP contribution in [0.2, 0.25) is 0 Å². The van der Waals surface area contributed by atoms with Crippen LogP contribution in [0.1, 0.15) is 6.23 Å². The van der Waals surface area contributed by atoms with E-state index in [0.717, 1.165) is 0 Å². The van der Waals surface area contributed by atoms with E-state index in [9.17, 15) is 14.1 Å². The van der Waals surface area contributed by atoms with Crippen LogP contribution in [-0.2, 0) is 13.8 Å². The van der Waals surface area contributed by atoms with Crippen LogP contribution < -0.4 is 5.73 Å². The molecule has 126 valence electrons. The van der Waals surface area contributed by atoms with Crippen LogP contribution in [0.5, 0.6) is 0 Å². The number of fused-ring (bicyclic) bond motifs is 1. The molecule has 1 unspecified atom stereocenters. The molecule has 1 saturated heterocycles. The fraction of sp³-hybridized carbons (Fsp3) is 0.500. The summed E-state index contributed by atoms with van der Waals surface area (Å²) < 4.78 is 35.8. The van der Waals surface area contributed by atoms with Gasteiger partial charge < -0.3 is 25.4 Å². The van der Waals surface area contributed by atoms with Crippen molar-refractivity contribution in [1.82, 2.24) is 19.5 Å². The molecule has 2 aromatic heterocycles. The van der Waals surface area contributed by atoms with Crippen molar-refractivity contribution in [2.45, 2.75) is 24.6 Å². The van der Waals surface area contributed by atoms with Gasteiger partial charge in [-0.05, 0) is 0 Å². The van der Waals surface area contributed by atoms with Gasteiger partial charge >= 0.3 is 7.82 Å². The number of imidazole rings is 1. The predicted octanol–water partition coefficient (Wildman–Crippen LogP) is -0.886. The lowest BCUT2D eigenvalue weighted by Crippen LogP contribution is -2.31. The Kier molecular flexibility index (Phi) is 4.04. The number of phosphoric acid groups is 1. The molecule has 13 heteroatoms. The highest BCUT2D eigenvalue weighted by molar-refractivity contribution is 7.46. The van der Waals surface area contributed by atoms with Gasteiger partial charge in [-0.3, -0.25) is 9.09 Å². The fourth-order valence-corrected chi connectivity index (χ4v) is 2.63. The Morgan fingerprint density at radius 1 is 1.43 bits per heavy atom. The maximum absolute atomic E-state index is 14.3. The molecular formula is C10H13FN5O6P. The first-order valence-electron chi connectivity index (χ1n) is 6.38. The van der Waals surface area contributed by atoms with E-state index < -0.39 is 39.0 Å². The summed E-state index contributed by atoms with van der Waals surface area (Å²) in [5, 5.41) is 9.83. The first kappa shape index (κ1) is 16.2. The number of rotatable bonds is 4. The monoisotopic (exact) mass is 349 g/mol. The zero-order valence-electron chi connectivity index (χ0n) is 11.4. The summed E-state index contributed by atoms with van der Waals surface area (Å²) in [6.45, 7) is -0.674. The van der Waals surface area contributed by atoms with Crippen LogP contribution in [0, 0.1) is 0 Å². The molecule has 2 aromatic rings. The lowest BCUT2D eigenvalue weighted by molar-refractivity contribution is -0.0451. The minimum absolute atomic E-state index is 0.101. The molecule has 1 aliphatic heterocycles. The summed E-state index contributed by atoms with van der Waals surface area (Å²) in [5.74, 6) is 0.101. The molecule has 0 aromatic carbocycles. The summed E-state index contributed by atoms with van der Waals surface area (Å²) in [7, 11) is -4.76. The smallest absolute Gasteiger partial charge is 0.387 e. The van der Waals surface area contributed by atoms with Crippen molar-refractivity contribution < 1.29 is 33.1 Å². The fourth-order valence-electron chi connectivity index (χ4n) is 2.29. The van der Waals surface area contributed by atoms with Crippen LogP contribution in [0.25, 0.3) is 11.2 Å². The minimum atomic E-state index is -4.76. The number of nitrogen functional groups attached to an aromatic ring is 1. The third kappa shape index (κ3) is 3.04. The zero-order chi connectivity index (χ0) is 16.8. The first-order valence-corrected chi connectivity index (χ1v) is 7.91. The maximum Gasteiger partial charge on any atom is 0.469 e. The minimum Gasteiger partial charge on any atom is -0.387 e. The third-order valence-electron chi connectivity index (χ3n) is 3.36. The predicted molar refractivity (Wildman–Crippen MR) is 72.5 cm³/mol. The number of aliphatic hydroxyl groups is 1. The molecule has 0 saturated carbocycles. The summed E-state index contributed by atoms with van der Waals surface area (Å²) in [5.41, 5.74) is 6.08. The number of aliphatic hydroxyl groups excluding tert-OH is 1. The SMILES string of the molecule is Nc1ncnc2c1ncn2[C@@H]1O[C@H](COP(=O)(O)O)C(O)[C@@H]1F. The quantitative estimate of drug-likeness (QED) is 0.509. The molecule has 0 aliphatic carbocycles. The van der Waals surface area contributed by atoms with Gasteiger partial charge in [-0.25, -0.2) is 23.9 Å². The molecule has 4 atom stereocenters. The topological polar surface area (TPSA) is 166 Å². The second-order valence-corrected chi connectivity index (χ2v) is 6.11. The summed E-state index contributed by atoms with van der Waals surface area (Å²) in [6, 6.07) is 0. The molecule has 0 bridgehead atoms. The number of nitrogens with zero attached hydrogens (tertiary/aromatic N) is 4. The van der Waals surface area contributed by atoms with E-state index in [1.165, 1.54) is 17.2 Å². The van der Waals surface area contributed by atoms with Gasteiger partial charge in [-0.15, -0.1) is 0 Å². The summed E-state index contributed by atoms with van der Waals surface area (Å²) >= 11 is 0. The second-order valence-electron chi connectivity index (χ2n) is 4.87. The number of alkyl halides is 1. The van der Waals surface area contributed by atoms with Crippen molar-refractivity contribution in [3.8, 4) is 0 Å². The highest BCUT2D eigenvalue weighted by Gasteiger charge is 2.46. The Morgan fingerprint density at radius 2 is 2.17 bits per heavy atom. The number of ether oxygens (including phenoxy) is 1. The number of halogens is 1. The molecule has 0 radical (unpaired) electrons. The average molecular weight is 349 g/mol. The third-order valence-corrected chi connectivity index (χ3v) is 3.85. The maximum atomic E-state index is 14.3. The average Bonchev–Trinajstić information content (AvgIpc) is 3.01. The Morgan fingerprint density at radius 3 is 2.87 bits per heavy atom. The van der Waals surface area contributed by atoms with E-state index >= 15 is 0 Å². The highest BCUT2D eigenvalue weighted by atomic mass is 31.2. The number of hydrogen-bond acceptors (Lipinski definition) is 8. The lowest BCUT2D eigenvalue weighted by atomic mass is 10.1. The number of aromatic nitrogens is 4. The Labute approximate surface area is 128 Å². The number of nitrogens with two attached hydrogens (primary N) is 1. The highest BCUT2D eigenvalue weighted by Crippen LogP contribution is 2.39. The van der Waals surface area contributed by atoms with Gasteiger partial charge in [0.15, 0.2) is 23.9 Å². The lowest BCUT2D eigenvalue weighted by Gasteiger charge is -2.15. The number of hydrogen-bond donors (Lipinski definition) is 4. The summed E-state index contributed by atoms with van der Waals surface area (Å²) in [4.78, 5) is 29.0. The molecule has 5 N–H and O–H groups in total. The van der Waals surface area contributed by atoms with Gasteiger partial charge in [0, 0.05) is 0 Å². The Hall–Kier alpha value is -1.69. The molecule has 1 fully saturated rings. The van der Waals surface area contributed by atoms with Crippen LogP contribution in [-0.4, -0.2) is 59.4 Å². The number of anilines is 1. The van der Waals surface area contributed by atoms with E-state index in [1.54, 1.807) is 0 Å². The molecule has 23 heavy (non-hydrogen) atoms. The van der Waals surface area contributed by atoms with Gasteiger partial charge in [0.05, 0.1) is 12.9 Å². The van der Waals surface area contributed by atoms with Gasteiger partial charge in [0.1, 0.15) is 24.1 Å². The molecule has 3 rings (SSSR count). The number of phosphoric ester groups is 1. The van der Waals surface area contributed by atoms with Gasteiger partial charge in [-0.2, -0.15) is 0 Å². The van der Waals surface area contributed by atoms with Crippen molar-refractivity contribution >= 4 is 24.8 Å². The largest absolute Gasteiger partial charge is 0.469 e. The van der Waals surface area contributed by atoms with Crippen LogP contribution in [0.3, 0.4) is 0 Å². The van der Waals surface area contributed by atoms with Crippen molar-refractivity contribution in [2.24, 2.45) is 0 Å². The van der Waals surface area contributed by atoms with Crippen LogP contribution >= 0.6 is 7.82 Å². The van der Waals surface area contributed by atoms with Crippen molar-refractivity contribution in [2.75, 3.05) is 12.3 Å². The molecule has 1 aliphatic rings.